The molecule has 0 aliphatic heterocycles. The smallest absolute Gasteiger partial charge is 0.355 e. The highest BCUT2D eigenvalue weighted by Gasteiger charge is 2.23. The van der Waals surface area contributed by atoms with Gasteiger partial charge in [-0.15, -0.1) is 11.3 Å². The van der Waals surface area contributed by atoms with E-state index in [0.717, 1.165) is 5.56 Å². The van der Waals surface area contributed by atoms with Crippen LogP contribution in [0.3, 0.4) is 0 Å². The number of rotatable bonds is 5. The van der Waals surface area contributed by atoms with Crippen molar-refractivity contribution in [1.29, 1.82) is 0 Å². The van der Waals surface area contributed by atoms with E-state index >= 15 is 0 Å². The maximum absolute atomic E-state index is 12.3. The third-order valence-corrected chi connectivity index (χ3v) is 5.71. The van der Waals surface area contributed by atoms with E-state index in [2.05, 4.69) is 9.71 Å². The summed E-state index contributed by atoms with van der Waals surface area (Å²) >= 11 is 1.17. The summed E-state index contributed by atoms with van der Waals surface area (Å²) in [5.74, 6) is -1.12. The maximum atomic E-state index is 12.3. The summed E-state index contributed by atoms with van der Waals surface area (Å²) in [6.45, 7) is 5.09. The van der Waals surface area contributed by atoms with Crippen LogP contribution in [0.2, 0.25) is 0 Å². The van der Waals surface area contributed by atoms with Crippen LogP contribution in [0.4, 0.5) is 0 Å². The number of carboxylic acids is 1. The third kappa shape index (κ3) is 3.52. The van der Waals surface area contributed by atoms with Crippen molar-refractivity contribution in [3.63, 3.8) is 0 Å². The fourth-order valence-electron chi connectivity index (χ4n) is 1.93. The molecule has 0 aliphatic carbocycles. The number of nitrogens with zero attached hydrogens (tertiary/aromatic N) is 1. The van der Waals surface area contributed by atoms with E-state index in [1.54, 1.807) is 26.0 Å². The van der Waals surface area contributed by atoms with Crippen LogP contribution in [0.1, 0.15) is 38.9 Å². The van der Waals surface area contributed by atoms with Gasteiger partial charge in [0.05, 0.1) is 10.9 Å². The van der Waals surface area contributed by atoms with E-state index in [-0.39, 0.29) is 10.6 Å². The Morgan fingerprint density at radius 3 is 2.59 bits per heavy atom. The van der Waals surface area contributed by atoms with E-state index in [1.807, 2.05) is 13.0 Å². The number of sulfonamides is 1. The van der Waals surface area contributed by atoms with Crippen LogP contribution in [-0.4, -0.2) is 24.5 Å². The van der Waals surface area contributed by atoms with Crippen LogP contribution < -0.4 is 4.72 Å². The molecule has 8 heteroatoms. The van der Waals surface area contributed by atoms with E-state index in [9.17, 15) is 13.2 Å². The van der Waals surface area contributed by atoms with Crippen LogP contribution in [-0.2, 0) is 10.0 Å². The Bertz CT molecular complexity index is 812. The Morgan fingerprint density at radius 1 is 1.36 bits per heavy atom. The molecule has 22 heavy (non-hydrogen) atoms. The lowest BCUT2D eigenvalue weighted by Crippen LogP contribution is -2.27. The first-order valence-corrected chi connectivity index (χ1v) is 8.80. The van der Waals surface area contributed by atoms with Crippen molar-refractivity contribution in [2.45, 2.75) is 31.7 Å². The number of carbonyl (C=O) groups is 1. The molecule has 0 radical (unpaired) electrons. The molecule has 1 unspecified atom stereocenters. The molecule has 1 atom stereocenters. The van der Waals surface area contributed by atoms with E-state index in [4.69, 9.17) is 5.11 Å². The Balaban J connectivity index is 2.26. The number of carboxylic acid groups (broad SMARTS) is 1. The second-order valence-corrected chi connectivity index (χ2v) is 7.87. The second kappa shape index (κ2) is 6.15. The molecule has 0 aliphatic rings. The monoisotopic (exact) mass is 340 g/mol. The molecule has 0 saturated heterocycles. The molecule has 0 spiro atoms. The number of hydrogen-bond donors (Lipinski definition) is 2. The van der Waals surface area contributed by atoms with Gasteiger partial charge in [0, 0.05) is 4.88 Å². The Labute approximate surface area is 132 Å². The van der Waals surface area contributed by atoms with Crippen molar-refractivity contribution in [3.8, 4) is 0 Å². The molecule has 2 aromatic rings. The van der Waals surface area contributed by atoms with Gasteiger partial charge in [0.1, 0.15) is 5.01 Å². The first-order chi connectivity index (χ1) is 10.2. The Kier molecular flexibility index (Phi) is 4.64. The normalized spacial score (nSPS) is 13.0. The Hall–Kier alpha value is -1.77. The highest BCUT2D eigenvalue weighted by Crippen LogP contribution is 2.24. The summed E-state index contributed by atoms with van der Waals surface area (Å²) in [7, 11) is -3.68. The molecular weight excluding hydrogens is 324 g/mol. The van der Waals surface area contributed by atoms with Crippen LogP contribution in [0.5, 0.6) is 0 Å². The molecular formula is C14H16N2O4S2. The molecule has 0 saturated carbocycles. The number of aryl methyl sites for hydroxylation is 2. The van der Waals surface area contributed by atoms with Crippen LogP contribution in [0.15, 0.2) is 29.2 Å². The fraction of sp³-hybridized carbons (Fsp3) is 0.286. The number of thiazole rings is 1. The molecule has 0 amide bonds. The minimum Gasteiger partial charge on any atom is -0.476 e. The van der Waals surface area contributed by atoms with Gasteiger partial charge in [0.15, 0.2) is 5.69 Å². The maximum Gasteiger partial charge on any atom is 0.355 e. The molecule has 2 N–H and O–H groups in total. The summed E-state index contributed by atoms with van der Waals surface area (Å²) < 4.78 is 27.2. The van der Waals surface area contributed by atoms with E-state index < -0.39 is 22.0 Å². The number of aromatic nitrogens is 1. The molecule has 1 heterocycles. The topological polar surface area (TPSA) is 96.4 Å². The first-order valence-electron chi connectivity index (χ1n) is 6.50. The lowest BCUT2D eigenvalue weighted by atomic mass is 10.2. The number of aromatic carboxylic acids is 1. The molecule has 118 valence electrons. The molecule has 1 aromatic carbocycles. The summed E-state index contributed by atoms with van der Waals surface area (Å²) in [6.07, 6.45) is 0. The van der Waals surface area contributed by atoms with Gasteiger partial charge in [-0.2, -0.15) is 0 Å². The average Bonchev–Trinajstić information content (AvgIpc) is 2.80. The van der Waals surface area contributed by atoms with Crippen molar-refractivity contribution >= 4 is 27.3 Å². The zero-order valence-corrected chi connectivity index (χ0v) is 14.0. The van der Waals surface area contributed by atoms with Gasteiger partial charge in [-0.25, -0.2) is 22.9 Å². The third-order valence-electron chi connectivity index (χ3n) is 3.02. The van der Waals surface area contributed by atoms with E-state index in [1.165, 1.54) is 17.4 Å². The zero-order chi connectivity index (χ0) is 16.5. The molecule has 6 nitrogen and oxygen atoms in total. The highest BCUT2D eigenvalue weighted by molar-refractivity contribution is 7.89. The Morgan fingerprint density at radius 2 is 2.05 bits per heavy atom. The number of nitrogens with one attached hydrogen (secondary N) is 1. The summed E-state index contributed by atoms with van der Waals surface area (Å²) in [4.78, 5) is 15.7. The van der Waals surface area contributed by atoms with Crippen molar-refractivity contribution in [2.75, 3.05) is 0 Å². The predicted octanol–water partition coefficient (Wildman–Crippen LogP) is 2.50. The zero-order valence-electron chi connectivity index (χ0n) is 12.3. The molecule has 0 fully saturated rings. The van der Waals surface area contributed by atoms with Gasteiger partial charge in [0.25, 0.3) is 0 Å². The van der Waals surface area contributed by atoms with Gasteiger partial charge in [-0.05, 0) is 38.5 Å². The number of benzene rings is 1. The minimum absolute atomic E-state index is 0.0402. The van der Waals surface area contributed by atoms with Gasteiger partial charge in [-0.1, -0.05) is 12.1 Å². The van der Waals surface area contributed by atoms with Crippen molar-refractivity contribution in [2.24, 2.45) is 0 Å². The first kappa shape index (κ1) is 16.6. The van der Waals surface area contributed by atoms with E-state index in [0.29, 0.717) is 9.88 Å². The lowest BCUT2D eigenvalue weighted by molar-refractivity contribution is 0.0690. The molecule has 0 bridgehead atoms. The minimum atomic E-state index is -3.68. The number of hydrogen-bond acceptors (Lipinski definition) is 5. The van der Waals surface area contributed by atoms with Gasteiger partial charge >= 0.3 is 5.97 Å². The standard InChI is InChI=1S/C14H16N2O4S2/c1-8-5-4-6-11(7-8)22(19,20)16-9(2)13-15-12(14(17)18)10(3)21-13/h4-7,9,16H,1-3H3,(H,17,18). The summed E-state index contributed by atoms with van der Waals surface area (Å²) in [5.41, 5.74) is 0.801. The predicted molar refractivity (Wildman–Crippen MR) is 83.7 cm³/mol. The molecule has 1 aromatic heterocycles. The van der Waals surface area contributed by atoms with Crippen molar-refractivity contribution in [3.05, 3.63) is 45.4 Å². The van der Waals surface area contributed by atoms with Crippen molar-refractivity contribution < 1.29 is 18.3 Å². The van der Waals surface area contributed by atoms with Crippen molar-refractivity contribution in [1.82, 2.24) is 9.71 Å². The van der Waals surface area contributed by atoms with Gasteiger partial charge in [0.2, 0.25) is 10.0 Å². The lowest BCUT2D eigenvalue weighted by Gasteiger charge is -2.12. The van der Waals surface area contributed by atoms with Gasteiger partial charge in [-0.3, -0.25) is 0 Å². The highest BCUT2D eigenvalue weighted by atomic mass is 32.2. The van der Waals surface area contributed by atoms with Crippen LogP contribution >= 0.6 is 11.3 Å². The quantitative estimate of drug-likeness (QED) is 0.872. The van der Waals surface area contributed by atoms with Gasteiger partial charge < -0.3 is 5.11 Å². The SMILES string of the molecule is Cc1cccc(S(=O)(=O)NC(C)c2nc(C(=O)O)c(C)s2)c1. The fourth-order valence-corrected chi connectivity index (χ4v) is 4.24. The summed E-state index contributed by atoms with van der Waals surface area (Å²) in [6, 6.07) is 5.96. The summed E-state index contributed by atoms with van der Waals surface area (Å²) in [5, 5.41) is 9.43. The largest absolute Gasteiger partial charge is 0.476 e. The second-order valence-electron chi connectivity index (χ2n) is 4.92. The average molecular weight is 340 g/mol. The van der Waals surface area contributed by atoms with Crippen LogP contribution in [0.25, 0.3) is 0 Å². The molecule has 2 rings (SSSR count). The van der Waals surface area contributed by atoms with Crippen LogP contribution in [0, 0.1) is 13.8 Å².